The van der Waals surface area contributed by atoms with E-state index in [0.29, 0.717) is 17.3 Å². The Morgan fingerprint density at radius 2 is 1.55 bits per heavy atom. The quantitative estimate of drug-likeness (QED) is 0.589. The predicted octanol–water partition coefficient (Wildman–Crippen LogP) is 2.56. The van der Waals surface area contributed by atoms with Gasteiger partial charge in [-0.3, -0.25) is 9.59 Å². The lowest BCUT2D eigenvalue weighted by Gasteiger charge is -2.09. The second-order valence-electron chi connectivity index (χ2n) is 4.53. The summed E-state index contributed by atoms with van der Waals surface area (Å²) in [6.45, 7) is 1.63. The molecule has 0 aromatic heterocycles. The average molecular weight is 306 g/mol. The molecule has 7 heteroatoms. The highest BCUT2D eigenvalue weighted by Gasteiger charge is 2.17. The third-order valence-corrected chi connectivity index (χ3v) is 2.84. The van der Waals surface area contributed by atoms with Crippen molar-refractivity contribution >= 4 is 23.2 Å². The van der Waals surface area contributed by atoms with Gasteiger partial charge in [0.2, 0.25) is 0 Å². The van der Waals surface area contributed by atoms with E-state index in [1.165, 1.54) is 18.2 Å². The van der Waals surface area contributed by atoms with Gasteiger partial charge in [-0.2, -0.15) is 0 Å². The van der Waals surface area contributed by atoms with E-state index < -0.39 is 23.4 Å². The number of carbonyl (C=O) groups is 2. The molecule has 0 aliphatic carbocycles. The summed E-state index contributed by atoms with van der Waals surface area (Å²) in [6, 6.07) is 6.75. The molecule has 2 aromatic carbocycles. The number of halogens is 2. The normalized spacial score (nSPS) is 10.1. The topological polar surface area (TPSA) is 78.4 Å². The largest absolute Gasteiger partial charge is 0.508 e. The zero-order valence-electron chi connectivity index (χ0n) is 11.5. The number of hydrogen-bond acceptors (Lipinski definition) is 3. The first-order valence-corrected chi connectivity index (χ1v) is 6.24. The molecular formula is C15H12F2N2O3. The van der Waals surface area contributed by atoms with E-state index in [0.717, 1.165) is 12.1 Å². The molecule has 0 saturated heterocycles. The number of aryl methyl sites for hydroxylation is 1. The van der Waals surface area contributed by atoms with Crippen LogP contribution in [0.4, 0.5) is 20.2 Å². The molecular weight excluding hydrogens is 294 g/mol. The minimum Gasteiger partial charge on any atom is -0.508 e. The summed E-state index contributed by atoms with van der Waals surface area (Å²) < 4.78 is 26.2. The van der Waals surface area contributed by atoms with Gasteiger partial charge in [-0.1, -0.05) is 0 Å². The van der Waals surface area contributed by atoms with Gasteiger partial charge < -0.3 is 15.7 Å². The van der Waals surface area contributed by atoms with Crippen LogP contribution in [0.3, 0.4) is 0 Å². The van der Waals surface area contributed by atoms with Gasteiger partial charge in [0.05, 0.1) is 5.69 Å². The van der Waals surface area contributed by atoms with Gasteiger partial charge in [-0.25, -0.2) is 8.78 Å². The van der Waals surface area contributed by atoms with Crippen molar-refractivity contribution in [1.29, 1.82) is 0 Å². The highest BCUT2D eigenvalue weighted by atomic mass is 19.1. The van der Waals surface area contributed by atoms with Crippen molar-refractivity contribution in [3.8, 4) is 5.75 Å². The molecule has 2 aromatic rings. The van der Waals surface area contributed by atoms with Crippen LogP contribution in [0, 0.1) is 18.6 Å². The first-order valence-electron chi connectivity index (χ1n) is 6.24. The number of amides is 2. The smallest absolute Gasteiger partial charge is 0.314 e. The number of carbonyl (C=O) groups excluding carboxylic acids is 2. The lowest BCUT2D eigenvalue weighted by Crippen LogP contribution is -2.29. The summed E-state index contributed by atoms with van der Waals surface area (Å²) in [5.41, 5.74) is 0.579. The van der Waals surface area contributed by atoms with Gasteiger partial charge >= 0.3 is 11.8 Å². The van der Waals surface area contributed by atoms with E-state index >= 15 is 0 Å². The minimum absolute atomic E-state index is 0.0216. The number of phenolic OH excluding ortho intramolecular Hbond substituents is 1. The lowest BCUT2D eigenvalue weighted by molar-refractivity contribution is -0.133. The van der Waals surface area contributed by atoms with Crippen LogP contribution in [0.15, 0.2) is 36.4 Å². The zero-order chi connectivity index (χ0) is 16.3. The van der Waals surface area contributed by atoms with Crippen molar-refractivity contribution in [3.05, 3.63) is 53.6 Å². The summed E-state index contributed by atoms with van der Waals surface area (Å²) in [4.78, 5) is 23.4. The Morgan fingerprint density at radius 1 is 0.955 bits per heavy atom. The maximum atomic E-state index is 13.4. The molecule has 0 atom stereocenters. The van der Waals surface area contributed by atoms with E-state index in [2.05, 4.69) is 5.32 Å². The molecule has 3 N–H and O–H groups in total. The van der Waals surface area contributed by atoms with Crippen LogP contribution in [-0.2, 0) is 9.59 Å². The molecule has 0 fully saturated rings. The fourth-order valence-corrected chi connectivity index (χ4v) is 1.74. The van der Waals surface area contributed by atoms with E-state index in [4.69, 9.17) is 0 Å². The Labute approximate surface area is 124 Å². The highest BCUT2D eigenvalue weighted by molar-refractivity contribution is 6.43. The molecule has 2 rings (SSSR count). The molecule has 0 unspecified atom stereocenters. The molecule has 0 aliphatic heterocycles. The highest BCUT2D eigenvalue weighted by Crippen LogP contribution is 2.20. The van der Waals surface area contributed by atoms with Crippen molar-refractivity contribution in [2.75, 3.05) is 10.6 Å². The van der Waals surface area contributed by atoms with E-state index in [1.54, 1.807) is 6.92 Å². The molecule has 114 valence electrons. The maximum Gasteiger partial charge on any atom is 0.314 e. The molecule has 5 nitrogen and oxygen atoms in total. The summed E-state index contributed by atoms with van der Waals surface area (Å²) in [7, 11) is 0. The Bertz CT molecular complexity index is 684. The SMILES string of the molecule is Cc1cc(O)ccc1NC(=O)C(=O)Nc1ccc(F)cc1F. The van der Waals surface area contributed by atoms with Crippen molar-refractivity contribution in [3.63, 3.8) is 0 Å². The van der Waals surface area contributed by atoms with Gasteiger partial charge in [-0.15, -0.1) is 0 Å². The van der Waals surface area contributed by atoms with Gasteiger partial charge in [0.15, 0.2) is 0 Å². The number of hydrogen-bond donors (Lipinski definition) is 3. The summed E-state index contributed by atoms with van der Waals surface area (Å²) in [6.07, 6.45) is 0. The molecule has 0 radical (unpaired) electrons. The number of aromatic hydroxyl groups is 1. The molecule has 0 saturated carbocycles. The van der Waals surface area contributed by atoms with Crippen LogP contribution in [0.25, 0.3) is 0 Å². The Kier molecular flexibility index (Phi) is 4.36. The fraction of sp³-hybridized carbons (Fsp3) is 0.0667. The van der Waals surface area contributed by atoms with Crippen molar-refractivity contribution in [2.45, 2.75) is 6.92 Å². The maximum absolute atomic E-state index is 13.4. The van der Waals surface area contributed by atoms with Gasteiger partial charge in [0.1, 0.15) is 17.4 Å². The van der Waals surface area contributed by atoms with Crippen LogP contribution in [0.2, 0.25) is 0 Å². The summed E-state index contributed by atoms with van der Waals surface area (Å²) in [5.74, 6) is -3.87. The number of nitrogens with one attached hydrogen (secondary N) is 2. The number of phenols is 1. The number of anilines is 2. The van der Waals surface area contributed by atoms with Crippen LogP contribution >= 0.6 is 0 Å². The second-order valence-corrected chi connectivity index (χ2v) is 4.53. The molecule has 0 heterocycles. The van der Waals surface area contributed by atoms with Crippen molar-refractivity contribution in [1.82, 2.24) is 0 Å². The predicted molar refractivity (Wildman–Crippen MR) is 76.5 cm³/mol. The fourth-order valence-electron chi connectivity index (χ4n) is 1.74. The molecule has 2 amide bonds. The third-order valence-electron chi connectivity index (χ3n) is 2.84. The third kappa shape index (κ3) is 3.57. The van der Waals surface area contributed by atoms with Crippen LogP contribution in [0.5, 0.6) is 5.75 Å². The minimum atomic E-state index is -1.10. The van der Waals surface area contributed by atoms with Crippen molar-refractivity contribution in [2.24, 2.45) is 0 Å². The lowest BCUT2D eigenvalue weighted by atomic mass is 10.2. The van der Waals surface area contributed by atoms with Gasteiger partial charge in [0.25, 0.3) is 0 Å². The van der Waals surface area contributed by atoms with Crippen LogP contribution in [0.1, 0.15) is 5.56 Å². The first-order chi connectivity index (χ1) is 10.4. The standard InChI is InChI=1S/C15H12F2N2O3/c1-8-6-10(20)3-5-12(8)18-14(21)15(22)19-13-4-2-9(16)7-11(13)17/h2-7,20H,1H3,(H,18,21)(H,19,22). The van der Waals surface area contributed by atoms with Crippen LogP contribution in [-0.4, -0.2) is 16.9 Å². The number of benzene rings is 2. The van der Waals surface area contributed by atoms with E-state index in [1.807, 2.05) is 5.32 Å². The molecule has 0 aliphatic rings. The van der Waals surface area contributed by atoms with Gasteiger partial charge in [0, 0.05) is 11.8 Å². The monoisotopic (exact) mass is 306 g/mol. The zero-order valence-corrected chi connectivity index (χ0v) is 11.5. The molecule has 0 spiro atoms. The summed E-state index contributed by atoms with van der Waals surface area (Å²) >= 11 is 0. The van der Waals surface area contributed by atoms with Crippen LogP contribution < -0.4 is 10.6 Å². The summed E-state index contributed by atoms with van der Waals surface area (Å²) in [5, 5.41) is 13.6. The second kappa shape index (κ2) is 6.21. The van der Waals surface area contributed by atoms with Gasteiger partial charge in [-0.05, 0) is 42.8 Å². The number of rotatable bonds is 2. The Hall–Kier alpha value is -2.96. The average Bonchev–Trinajstić information content (AvgIpc) is 2.44. The molecule has 22 heavy (non-hydrogen) atoms. The van der Waals surface area contributed by atoms with E-state index in [9.17, 15) is 23.5 Å². The first kappa shape index (κ1) is 15.4. The van der Waals surface area contributed by atoms with Crippen molar-refractivity contribution < 1.29 is 23.5 Å². The Balaban J connectivity index is 2.07. The molecule has 0 bridgehead atoms. The Morgan fingerprint density at radius 3 is 2.14 bits per heavy atom. The van der Waals surface area contributed by atoms with E-state index in [-0.39, 0.29) is 11.4 Å².